The number of hydrogen-bond donors (Lipinski definition) is 1. The van der Waals surface area contributed by atoms with Crippen molar-refractivity contribution in [2.24, 2.45) is 0 Å². The lowest BCUT2D eigenvalue weighted by Gasteiger charge is -2.17. The van der Waals surface area contributed by atoms with Gasteiger partial charge >= 0.3 is 0 Å². The molecule has 1 amide bonds. The Morgan fingerprint density at radius 3 is 2.42 bits per heavy atom. The van der Waals surface area contributed by atoms with Crippen molar-refractivity contribution in [1.82, 2.24) is 9.78 Å². The lowest BCUT2D eigenvalue weighted by Crippen LogP contribution is -2.26. The topological polar surface area (TPSA) is 87.9 Å². The lowest BCUT2D eigenvalue weighted by atomic mass is 10.1. The summed E-state index contributed by atoms with van der Waals surface area (Å²) < 4.78 is 1.47. The first-order valence-electron chi connectivity index (χ1n) is 7.29. The third-order valence-electron chi connectivity index (χ3n) is 3.73. The highest BCUT2D eigenvalue weighted by Gasteiger charge is 2.14. The molecule has 0 spiro atoms. The molecule has 3 aromatic rings. The van der Waals surface area contributed by atoms with Gasteiger partial charge in [0.15, 0.2) is 0 Å². The van der Waals surface area contributed by atoms with Crippen LogP contribution >= 0.6 is 0 Å². The van der Waals surface area contributed by atoms with Crippen LogP contribution in [0.3, 0.4) is 0 Å². The second-order valence-corrected chi connectivity index (χ2v) is 5.21. The molecule has 0 radical (unpaired) electrons. The Morgan fingerprint density at radius 1 is 1.17 bits per heavy atom. The van der Waals surface area contributed by atoms with E-state index in [1.807, 2.05) is 36.4 Å². The van der Waals surface area contributed by atoms with Gasteiger partial charge in [0.05, 0.1) is 11.9 Å². The zero-order chi connectivity index (χ0) is 17.1. The first kappa shape index (κ1) is 15.3. The van der Waals surface area contributed by atoms with Crippen molar-refractivity contribution < 1.29 is 4.79 Å². The summed E-state index contributed by atoms with van der Waals surface area (Å²) in [4.78, 5) is 14.1. The van der Waals surface area contributed by atoms with Gasteiger partial charge in [0.1, 0.15) is 17.5 Å². The maximum absolute atomic E-state index is 12.5. The van der Waals surface area contributed by atoms with Gasteiger partial charge in [0.2, 0.25) is 0 Å². The Bertz CT molecular complexity index is 907. The smallest absolute Gasteiger partial charge is 0.258 e. The maximum atomic E-state index is 12.5. The van der Waals surface area contributed by atoms with Crippen molar-refractivity contribution in [3.05, 3.63) is 71.9 Å². The van der Waals surface area contributed by atoms with Crippen molar-refractivity contribution >= 4 is 17.4 Å². The molecule has 0 bridgehead atoms. The van der Waals surface area contributed by atoms with Crippen LogP contribution in [0.2, 0.25) is 0 Å². The molecule has 6 nitrogen and oxygen atoms in total. The van der Waals surface area contributed by atoms with Crippen LogP contribution in [0.5, 0.6) is 0 Å². The maximum Gasteiger partial charge on any atom is 0.258 e. The minimum atomic E-state index is -0.112. The highest BCUT2D eigenvalue weighted by atomic mass is 16.2. The van der Waals surface area contributed by atoms with Crippen LogP contribution in [0.15, 0.2) is 60.8 Å². The fraction of sp³-hybridized carbons (Fsp3) is 0.0556. The molecule has 0 saturated heterocycles. The van der Waals surface area contributed by atoms with E-state index in [1.165, 1.54) is 10.9 Å². The predicted molar refractivity (Wildman–Crippen MR) is 91.9 cm³/mol. The molecule has 1 heterocycles. The SMILES string of the molecule is CN(C(=O)c1ccc(-n2ncc(C#N)c2N)cc1)c1ccccc1. The van der Waals surface area contributed by atoms with Crippen LogP contribution in [-0.4, -0.2) is 22.7 Å². The zero-order valence-electron chi connectivity index (χ0n) is 13.0. The van der Waals surface area contributed by atoms with E-state index < -0.39 is 0 Å². The van der Waals surface area contributed by atoms with Gasteiger partial charge in [0.25, 0.3) is 5.91 Å². The molecule has 0 aliphatic rings. The van der Waals surface area contributed by atoms with Crippen molar-refractivity contribution in [1.29, 1.82) is 5.26 Å². The van der Waals surface area contributed by atoms with Gasteiger partial charge in [-0.05, 0) is 36.4 Å². The Labute approximate surface area is 139 Å². The number of nitriles is 1. The summed E-state index contributed by atoms with van der Waals surface area (Å²) in [5.74, 6) is 0.164. The summed E-state index contributed by atoms with van der Waals surface area (Å²) >= 11 is 0. The molecule has 6 heteroatoms. The summed E-state index contributed by atoms with van der Waals surface area (Å²) in [7, 11) is 1.73. The number of amides is 1. The number of carbonyl (C=O) groups excluding carboxylic acids is 1. The highest BCUT2D eigenvalue weighted by molar-refractivity contribution is 6.05. The number of aromatic nitrogens is 2. The van der Waals surface area contributed by atoms with Gasteiger partial charge in [-0.1, -0.05) is 18.2 Å². The number of para-hydroxylation sites is 1. The molecule has 2 aromatic carbocycles. The number of carbonyl (C=O) groups is 1. The number of nitrogens with zero attached hydrogens (tertiary/aromatic N) is 4. The van der Waals surface area contributed by atoms with Crippen LogP contribution in [0, 0.1) is 11.3 Å². The number of benzene rings is 2. The van der Waals surface area contributed by atoms with Crippen LogP contribution in [0.1, 0.15) is 15.9 Å². The minimum absolute atomic E-state index is 0.112. The zero-order valence-corrected chi connectivity index (χ0v) is 13.0. The summed E-state index contributed by atoms with van der Waals surface area (Å²) in [5, 5.41) is 13.0. The van der Waals surface area contributed by atoms with E-state index in [2.05, 4.69) is 5.10 Å². The Hall–Kier alpha value is -3.59. The predicted octanol–water partition coefficient (Wildman–Crippen LogP) is 2.60. The Balaban J connectivity index is 1.85. The molecule has 0 fully saturated rings. The van der Waals surface area contributed by atoms with Crippen LogP contribution in [0.25, 0.3) is 5.69 Å². The first-order valence-corrected chi connectivity index (χ1v) is 7.29. The molecular formula is C18H15N5O. The number of nitrogens with two attached hydrogens (primary N) is 1. The Morgan fingerprint density at radius 2 is 1.83 bits per heavy atom. The molecule has 0 aliphatic heterocycles. The average molecular weight is 317 g/mol. The fourth-order valence-electron chi connectivity index (χ4n) is 2.36. The first-order chi connectivity index (χ1) is 11.6. The van der Waals surface area contributed by atoms with Gasteiger partial charge in [-0.2, -0.15) is 10.4 Å². The molecule has 0 saturated carbocycles. The number of hydrogen-bond acceptors (Lipinski definition) is 4. The average Bonchev–Trinajstić information content (AvgIpc) is 3.02. The quantitative estimate of drug-likeness (QED) is 0.804. The van der Waals surface area contributed by atoms with Gasteiger partial charge < -0.3 is 10.6 Å². The van der Waals surface area contributed by atoms with E-state index in [1.54, 1.807) is 36.2 Å². The summed E-state index contributed by atoms with van der Waals surface area (Å²) in [6.45, 7) is 0. The molecule has 0 unspecified atom stereocenters. The summed E-state index contributed by atoms with van der Waals surface area (Å²) in [6, 6.07) is 18.3. The normalized spacial score (nSPS) is 10.2. The molecule has 2 N–H and O–H groups in total. The Kier molecular flexibility index (Phi) is 4.00. The van der Waals surface area contributed by atoms with Crippen LogP contribution in [-0.2, 0) is 0 Å². The lowest BCUT2D eigenvalue weighted by molar-refractivity contribution is 0.0993. The summed E-state index contributed by atoms with van der Waals surface area (Å²) in [6.07, 6.45) is 1.41. The second-order valence-electron chi connectivity index (χ2n) is 5.21. The highest BCUT2D eigenvalue weighted by Crippen LogP contribution is 2.19. The van der Waals surface area contributed by atoms with E-state index in [0.717, 1.165) is 5.69 Å². The molecule has 1 aromatic heterocycles. The van der Waals surface area contributed by atoms with Gasteiger partial charge in [-0.15, -0.1) is 0 Å². The summed E-state index contributed by atoms with van der Waals surface area (Å²) in [5.41, 5.74) is 8.25. The number of anilines is 2. The fourth-order valence-corrected chi connectivity index (χ4v) is 2.36. The van der Waals surface area contributed by atoms with Crippen molar-refractivity contribution in [3.63, 3.8) is 0 Å². The van der Waals surface area contributed by atoms with Crippen molar-refractivity contribution in [2.45, 2.75) is 0 Å². The van der Waals surface area contributed by atoms with Crippen molar-refractivity contribution in [3.8, 4) is 11.8 Å². The molecule has 3 rings (SSSR count). The monoisotopic (exact) mass is 317 g/mol. The van der Waals surface area contributed by atoms with Crippen LogP contribution in [0.4, 0.5) is 11.5 Å². The largest absolute Gasteiger partial charge is 0.382 e. The molecule has 0 atom stereocenters. The minimum Gasteiger partial charge on any atom is -0.382 e. The van der Waals surface area contributed by atoms with E-state index in [4.69, 9.17) is 11.0 Å². The van der Waals surface area contributed by atoms with Gasteiger partial charge in [0, 0.05) is 18.3 Å². The van der Waals surface area contributed by atoms with Gasteiger partial charge in [-0.25, -0.2) is 4.68 Å². The van der Waals surface area contributed by atoms with Crippen molar-refractivity contribution in [2.75, 3.05) is 17.7 Å². The van der Waals surface area contributed by atoms with E-state index in [0.29, 0.717) is 16.8 Å². The third kappa shape index (κ3) is 2.71. The molecular weight excluding hydrogens is 302 g/mol. The van der Waals surface area contributed by atoms with E-state index >= 15 is 0 Å². The number of nitrogen functional groups attached to an aromatic ring is 1. The second kappa shape index (κ2) is 6.26. The van der Waals surface area contributed by atoms with E-state index in [9.17, 15) is 4.79 Å². The molecule has 118 valence electrons. The molecule has 0 aliphatic carbocycles. The van der Waals surface area contributed by atoms with Gasteiger partial charge in [-0.3, -0.25) is 4.79 Å². The van der Waals surface area contributed by atoms with Crippen LogP contribution < -0.4 is 10.6 Å². The standard InChI is InChI=1S/C18H15N5O/c1-22(15-5-3-2-4-6-15)18(24)13-7-9-16(10-8-13)23-17(20)14(11-19)12-21-23/h2-10,12H,20H2,1H3. The number of rotatable bonds is 3. The van der Waals surface area contributed by atoms with E-state index in [-0.39, 0.29) is 11.7 Å². The third-order valence-corrected chi connectivity index (χ3v) is 3.73. The molecule has 24 heavy (non-hydrogen) atoms.